The fourth-order valence-corrected chi connectivity index (χ4v) is 3.08. The lowest BCUT2D eigenvalue weighted by atomic mass is 9.77. The fraction of sp³-hybridized carbons (Fsp3) is 0.500. The van der Waals surface area contributed by atoms with E-state index in [4.69, 9.17) is 9.31 Å². The molecule has 0 aliphatic carbocycles. The first kappa shape index (κ1) is 20.7. The molecular formula is C18H26BNO5S. The van der Waals surface area contributed by atoms with Crippen molar-refractivity contribution < 1.29 is 22.5 Å². The molecule has 142 valence electrons. The Morgan fingerprint density at radius 2 is 1.62 bits per heavy atom. The number of carbonyl (C=O) groups excluding carboxylic acids is 1. The number of sulfone groups is 1. The highest BCUT2D eigenvalue weighted by molar-refractivity contribution is 7.90. The number of nitrogens with one attached hydrogen (secondary N) is 1. The van der Waals surface area contributed by atoms with Gasteiger partial charge in [-0.15, -0.1) is 0 Å². The smallest absolute Gasteiger partial charge is 0.400 e. The lowest BCUT2D eigenvalue weighted by Gasteiger charge is -2.32. The second-order valence-corrected chi connectivity index (χ2v) is 9.57. The van der Waals surface area contributed by atoms with Crippen LogP contribution in [0.4, 0.5) is 0 Å². The predicted octanol–water partition coefficient (Wildman–Crippen LogP) is 2.24. The molecule has 0 aromatic heterocycles. The van der Waals surface area contributed by atoms with Crippen molar-refractivity contribution in [2.45, 2.75) is 50.7 Å². The standard InChI is InChI=1S/C18H26BNO5S/c1-13(21)20-12-15(19-24-17(2,3)18(4,5)25-19)11-14-7-9-16(10-8-14)26(6,22)23/h7-11H,12H2,1-6H3,(H,20,21). The van der Waals surface area contributed by atoms with Gasteiger partial charge in [0.15, 0.2) is 9.84 Å². The van der Waals surface area contributed by atoms with E-state index in [2.05, 4.69) is 5.32 Å². The highest BCUT2D eigenvalue weighted by Crippen LogP contribution is 2.38. The molecule has 1 aliphatic heterocycles. The summed E-state index contributed by atoms with van der Waals surface area (Å²) in [5.41, 5.74) is 0.568. The van der Waals surface area contributed by atoms with Gasteiger partial charge in [-0.2, -0.15) is 0 Å². The van der Waals surface area contributed by atoms with E-state index in [1.54, 1.807) is 24.3 Å². The summed E-state index contributed by atoms with van der Waals surface area (Å²) in [6.45, 7) is 9.57. The van der Waals surface area contributed by atoms with Gasteiger partial charge in [-0.1, -0.05) is 18.2 Å². The first-order valence-electron chi connectivity index (χ1n) is 8.42. The zero-order valence-electron chi connectivity index (χ0n) is 16.1. The van der Waals surface area contributed by atoms with Crippen LogP contribution in [0, 0.1) is 0 Å². The van der Waals surface area contributed by atoms with Crippen molar-refractivity contribution in [2.24, 2.45) is 0 Å². The third kappa shape index (κ3) is 4.75. The van der Waals surface area contributed by atoms with Crippen LogP contribution in [0.1, 0.15) is 40.2 Å². The summed E-state index contributed by atoms with van der Waals surface area (Å²) in [5, 5.41) is 2.77. The predicted molar refractivity (Wildman–Crippen MR) is 102 cm³/mol. The summed E-state index contributed by atoms with van der Waals surface area (Å²) in [7, 11) is -3.84. The quantitative estimate of drug-likeness (QED) is 0.794. The molecule has 0 spiro atoms. The Balaban J connectivity index is 2.33. The summed E-state index contributed by atoms with van der Waals surface area (Å²) in [4.78, 5) is 11.6. The molecular weight excluding hydrogens is 353 g/mol. The molecule has 0 saturated carbocycles. The number of rotatable bonds is 5. The molecule has 0 bridgehead atoms. The van der Waals surface area contributed by atoms with Crippen molar-refractivity contribution in [3.63, 3.8) is 0 Å². The third-order valence-electron chi connectivity index (χ3n) is 4.76. The van der Waals surface area contributed by atoms with Gasteiger partial charge in [-0.3, -0.25) is 4.79 Å². The molecule has 2 rings (SSSR count). The van der Waals surface area contributed by atoms with E-state index < -0.39 is 28.2 Å². The van der Waals surface area contributed by atoms with E-state index in [0.717, 1.165) is 11.0 Å². The molecule has 1 amide bonds. The van der Waals surface area contributed by atoms with E-state index in [0.29, 0.717) is 0 Å². The third-order valence-corrected chi connectivity index (χ3v) is 5.89. The largest absolute Gasteiger partial charge is 0.492 e. The number of hydrogen-bond acceptors (Lipinski definition) is 5. The molecule has 1 heterocycles. The van der Waals surface area contributed by atoms with Crippen LogP contribution in [-0.2, 0) is 23.9 Å². The monoisotopic (exact) mass is 379 g/mol. The molecule has 0 atom stereocenters. The normalized spacial score (nSPS) is 19.5. The summed E-state index contributed by atoms with van der Waals surface area (Å²) in [6, 6.07) is 6.55. The van der Waals surface area contributed by atoms with Gasteiger partial charge in [0.2, 0.25) is 5.91 Å². The van der Waals surface area contributed by atoms with Gasteiger partial charge in [0.25, 0.3) is 0 Å². The maximum Gasteiger partial charge on any atom is 0.492 e. The first-order chi connectivity index (χ1) is 11.8. The maximum absolute atomic E-state index is 11.6. The molecule has 8 heteroatoms. The van der Waals surface area contributed by atoms with E-state index in [9.17, 15) is 13.2 Å². The van der Waals surface area contributed by atoms with Crippen LogP contribution in [0.3, 0.4) is 0 Å². The Bertz CT molecular complexity index is 796. The molecule has 1 aliphatic rings. The van der Waals surface area contributed by atoms with Crippen molar-refractivity contribution >= 4 is 28.9 Å². The van der Waals surface area contributed by atoms with Crippen LogP contribution in [-0.4, -0.2) is 45.4 Å². The van der Waals surface area contributed by atoms with Gasteiger partial charge in [-0.05, 0) is 50.9 Å². The van der Waals surface area contributed by atoms with E-state index in [1.807, 2.05) is 33.8 Å². The van der Waals surface area contributed by atoms with Crippen molar-refractivity contribution in [1.82, 2.24) is 5.32 Å². The second-order valence-electron chi connectivity index (χ2n) is 7.56. The SMILES string of the molecule is CC(=O)NCC(=Cc1ccc(S(C)(=O)=O)cc1)B1OC(C)(C)C(C)(C)O1. The Kier molecular flexibility index (Phi) is 5.70. The Hall–Kier alpha value is -1.64. The number of carbonyl (C=O) groups is 1. The number of benzene rings is 1. The number of amides is 1. The van der Waals surface area contributed by atoms with E-state index in [-0.39, 0.29) is 17.3 Å². The van der Waals surface area contributed by atoms with Gasteiger partial charge in [0.05, 0.1) is 16.1 Å². The minimum atomic E-state index is -3.24. The number of hydrogen-bond donors (Lipinski definition) is 1. The molecule has 1 fully saturated rings. The first-order valence-corrected chi connectivity index (χ1v) is 10.3. The molecule has 0 unspecified atom stereocenters. The Morgan fingerprint density at radius 3 is 2.04 bits per heavy atom. The highest BCUT2D eigenvalue weighted by Gasteiger charge is 2.52. The van der Waals surface area contributed by atoms with E-state index in [1.165, 1.54) is 13.2 Å². The molecule has 1 aromatic carbocycles. The maximum atomic E-state index is 11.6. The minimum absolute atomic E-state index is 0.153. The van der Waals surface area contributed by atoms with Crippen LogP contribution in [0.5, 0.6) is 0 Å². The average Bonchev–Trinajstić information content (AvgIpc) is 2.71. The summed E-state index contributed by atoms with van der Waals surface area (Å²) in [5.74, 6) is -0.153. The molecule has 1 saturated heterocycles. The van der Waals surface area contributed by atoms with E-state index >= 15 is 0 Å². The lowest BCUT2D eigenvalue weighted by Crippen LogP contribution is -2.41. The average molecular weight is 379 g/mol. The van der Waals surface area contributed by atoms with Gasteiger partial charge in [0.1, 0.15) is 0 Å². The fourth-order valence-electron chi connectivity index (χ4n) is 2.45. The Morgan fingerprint density at radius 1 is 1.12 bits per heavy atom. The van der Waals surface area contributed by atoms with Crippen LogP contribution in [0.25, 0.3) is 6.08 Å². The van der Waals surface area contributed by atoms with Crippen LogP contribution < -0.4 is 5.32 Å². The van der Waals surface area contributed by atoms with Crippen LogP contribution >= 0.6 is 0 Å². The van der Waals surface area contributed by atoms with Crippen molar-refractivity contribution in [3.05, 3.63) is 35.3 Å². The van der Waals surface area contributed by atoms with Crippen LogP contribution in [0.15, 0.2) is 34.6 Å². The summed E-state index contributed by atoms with van der Waals surface area (Å²) >= 11 is 0. The second kappa shape index (κ2) is 7.17. The minimum Gasteiger partial charge on any atom is -0.400 e. The zero-order chi connectivity index (χ0) is 19.8. The molecule has 1 aromatic rings. The van der Waals surface area contributed by atoms with Gasteiger partial charge < -0.3 is 14.6 Å². The van der Waals surface area contributed by atoms with Crippen molar-refractivity contribution in [2.75, 3.05) is 12.8 Å². The molecule has 1 N–H and O–H groups in total. The summed E-state index contributed by atoms with van der Waals surface area (Å²) < 4.78 is 35.3. The highest BCUT2D eigenvalue weighted by atomic mass is 32.2. The van der Waals surface area contributed by atoms with Gasteiger partial charge in [-0.25, -0.2) is 8.42 Å². The zero-order valence-corrected chi connectivity index (χ0v) is 16.9. The Labute approximate surface area is 156 Å². The lowest BCUT2D eigenvalue weighted by molar-refractivity contribution is -0.118. The topological polar surface area (TPSA) is 81.7 Å². The van der Waals surface area contributed by atoms with Crippen molar-refractivity contribution in [3.8, 4) is 0 Å². The molecule has 0 radical (unpaired) electrons. The summed E-state index contributed by atoms with van der Waals surface area (Å²) in [6.07, 6.45) is 3.02. The van der Waals surface area contributed by atoms with Crippen LogP contribution in [0.2, 0.25) is 0 Å². The molecule has 26 heavy (non-hydrogen) atoms. The van der Waals surface area contributed by atoms with Gasteiger partial charge >= 0.3 is 7.12 Å². The van der Waals surface area contributed by atoms with Crippen molar-refractivity contribution in [1.29, 1.82) is 0 Å². The van der Waals surface area contributed by atoms with Gasteiger partial charge in [0, 0.05) is 19.7 Å². The molecule has 6 nitrogen and oxygen atoms in total.